The topological polar surface area (TPSA) is 79.4 Å². The van der Waals surface area contributed by atoms with E-state index in [-0.39, 0.29) is 17.7 Å². The summed E-state index contributed by atoms with van der Waals surface area (Å²) in [7, 11) is 1.44. The number of hydrogen-bond donors (Lipinski definition) is 1. The first-order chi connectivity index (χ1) is 13.0. The van der Waals surface area contributed by atoms with Crippen molar-refractivity contribution in [3.63, 3.8) is 0 Å². The smallest absolute Gasteiger partial charge is 0.268 e. The van der Waals surface area contributed by atoms with Crippen LogP contribution in [0.3, 0.4) is 0 Å². The van der Waals surface area contributed by atoms with Gasteiger partial charge in [-0.1, -0.05) is 30.3 Å². The van der Waals surface area contributed by atoms with E-state index in [9.17, 15) is 14.4 Å². The van der Waals surface area contributed by atoms with Gasteiger partial charge in [0.1, 0.15) is 4.88 Å². The molecule has 2 heterocycles. The number of hydrogen-bond acceptors (Lipinski definition) is 5. The maximum absolute atomic E-state index is 12.8. The van der Waals surface area contributed by atoms with Gasteiger partial charge in [0.05, 0.1) is 21.8 Å². The molecule has 0 radical (unpaired) electrons. The van der Waals surface area contributed by atoms with E-state index in [1.54, 1.807) is 12.1 Å². The van der Waals surface area contributed by atoms with E-state index in [1.165, 1.54) is 24.5 Å². The van der Waals surface area contributed by atoms with Crippen LogP contribution in [-0.4, -0.2) is 34.7 Å². The molecule has 7 heteroatoms. The molecule has 6 nitrogen and oxygen atoms in total. The summed E-state index contributed by atoms with van der Waals surface area (Å²) in [6.07, 6.45) is 0. The molecule has 0 unspecified atom stereocenters. The van der Waals surface area contributed by atoms with Crippen LogP contribution in [0.1, 0.15) is 35.4 Å². The number of thiazole rings is 1. The summed E-state index contributed by atoms with van der Waals surface area (Å²) in [5, 5.41) is 3.60. The van der Waals surface area contributed by atoms with E-state index in [0.717, 1.165) is 15.5 Å². The quantitative estimate of drug-likeness (QED) is 0.708. The molecule has 4 rings (SSSR count). The first kappa shape index (κ1) is 17.1. The van der Waals surface area contributed by atoms with Crippen LogP contribution in [0, 0.1) is 6.92 Å². The zero-order valence-electron chi connectivity index (χ0n) is 14.6. The van der Waals surface area contributed by atoms with Crippen LogP contribution in [-0.2, 0) is 0 Å². The largest absolute Gasteiger partial charge is 0.321 e. The van der Waals surface area contributed by atoms with Gasteiger partial charge in [-0.25, -0.2) is 4.98 Å². The fraction of sp³-hybridized carbons (Fsp3) is 0.100. The lowest BCUT2D eigenvalue weighted by molar-refractivity contribution is 0.0692. The number of aryl methyl sites for hydroxylation is 1. The van der Waals surface area contributed by atoms with Crippen LogP contribution in [0.2, 0.25) is 0 Å². The van der Waals surface area contributed by atoms with Crippen molar-refractivity contribution in [3.8, 4) is 11.3 Å². The molecule has 0 saturated carbocycles. The van der Waals surface area contributed by atoms with Gasteiger partial charge in [-0.15, -0.1) is 11.3 Å². The number of amides is 3. The van der Waals surface area contributed by atoms with Crippen molar-refractivity contribution < 1.29 is 14.4 Å². The second kappa shape index (κ2) is 6.44. The van der Waals surface area contributed by atoms with Crippen LogP contribution in [0.4, 0.5) is 5.69 Å². The Balaban J connectivity index is 1.65. The lowest BCUT2D eigenvalue weighted by Crippen LogP contribution is -2.24. The predicted molar refractivity (Wildman–Crippen MR) is 103 cm³/mol. The first-order valence-electron chi connectivity index (χ1n) is 8.26. The first-order valence-corrected chi connectivity index (χ1v) is 9.08. The number of benzene rings is 2. The molecule has 0 aliphatic carbocycles. The molecule has 3 amide bonds. The number of nitrogens with one attached hydrogen (secondary N) is 1. The number of aromatic nitrogens is 1. The third-order valence-corrected chi connectivity index (χ3v) is 5.30. The van der Waals surface area contributed by atoms with E-state index in [0.29, 0.717) is 27.4 Å². The van der Waals surface area contributed by atoms with Gasteiger partial charge in [0.25, 0.3) is 17.7 Å². The molecular weight excluding hydrogens is 362 g/mol. The number of nitrogens with zero attached hydrogens (tertiary/aromatic N) is 2. The highest BCUT2D eigenvalue weighted by atomic mass is 32.1. The van der Waals surface area contributed by atoms with Crippen molar-refractivity contribution in [1.29, 1.82) is 0 Å². The number of imide groups is 1. The van der Waals surface area contributed by atoms with E-state index >= 15 is 0 Å². The van der Waals surface area contributed by atoms with Gasteiger partial charge in [-0.3, -0.25) is 19.3 Å². The van der Waals surface area contributed by atoms with E-state index < -0.39 is 0 Å². The Bertz CT molecular complexity index is 1090. The molecule has 3 aromatic rings. The molecule has 27 heavy (non-hydrogen) atoms. The van der Waals surface area contributed by atoms with Gasteiger partial charge in [0.15, 0.2) is 0 Å². The minimum Gasteiger partial charge on any atom is -0.321 e. The number of rotatable bonds is 3. The summed E-state index contributed by atoms with van der Waals surface area (Å²) in [5.41, 5.74) is 2.59. The fourth-order valence-corrected chi connectivity index (χ4v) is 3.84. The third kappa shape index (κ3) is 2.92. The minimum absolute atomic E-state index is 0.295. The molecule has 1 aromatic heterocycles. The maximum atomic E-state index is 12.8. The second-order valence-corrected chi connectivity index (χ2v) is 7.36. The molecule has 134 valence electrons. The average molecular weight is 377 g/mol. The Labute approximate surface area is 159 Å². The van der Waals surface area contributed by atoms with E-state index in [1.807, 2.05) is 37.3 Å². The zero-order valence-corrected chi connectivity index (χ0v) is 15.5. The molecule has 2 aromatic carbocycles. The van der Waals surface area contributed by atoms with Crippen molar-refractivity contribution in [3.05, 3.63) is 69.5 Å². The standard InChI is InChI=1S/C20H15N3O3S/c1-11-21-16(12-6-4-3-5-7-12)17(27-11)18(24)22-13-8-9-14-15(10-13)20(26)23(2)19(14)25/h3-10H,1-2H3,(H,22,24). The molecule has 0 saturated heterocycles. The van der Waals surface area contributed by atoms with Gasteiger partial charge < -0.3 is 5.32 Å². The van der Waals surface area contributed by atoms with Crippen molar-refractivity contribution >= 4 is 34.7 Å². The summed E-state index contributed by atoms with van der Waals surface area (Å²) in [6, 6.07) is 14.2. The lowest BCUT2D eigenvalue weighted by Gasteiger charge is -2.06. The summed E-state index contributed by atoms with van der Waals surface area (Å²) >= 11 is 1.31. The van der Waals surface area contributed by atoms with E-state index in [4.69, 9.17) is 0 Å². The normalized spacial score (nSPS) is 13.0. The molecule has 1 aliphatic rings. The van der Waals surface area contributed by atoms with Crippen LogP contribution in [0.15, 0.2) is 48.5 Å². The monoisotopic (exact) mass is 377 g/mol. The SMILES string of the molecule is Cc1nc(-c2ccccc2)c(C(=O)Nc2ccc3c(c2)C(=O)N(C)C3=O)s1. The third-order valence-electron chi connectivity index (χ3n) is 4.34. The number of fused-ring (bicyclic) bond motifs is 1. The highest BCUT2D eigenvalue weighted by molar-refractivity contribution is 7.14. The van der Waals surface area contributed by atoms with Gasteiger partial charge in [0.2, 0.25) is 0 Å². The lowest BCUT2D eigenvalue weighted by atomic mass is 10.1. The number of carbonyl (C=O) groups excluding carboxylic acids is 3. The minimum atomic E-state index is -0.371. The average Bonchev–Trinajstić information content (AvgIpc) is 3.17. The highest BCUT2D eigenvalue weighted by Gasteiger charge is 2.33. The molecule has 1 N–H and O–H groups in total. The zero-order chi connectivity index (χ0) is 19.1. The Hall–Kier alpha value is -3.32. The van der Waals surface area contributed by atoms with E-state index in [2.05, 4.69) is 10.3 Å². The number of anilines is 1. The second-order valence-electron chi connectivity index (χ2n) is 6.16. The summed E-state index contributed by atoms with van der Waals surface area (Å²) in [4.78, 5) is 43.0. The Morgan fingerprint density at radius 3 is 2.48 bits per heavy atom. The Kier molecular flexibility index (Phi) is 4.08. The highest BCUT2D eigenvalue weighted by Crippen LogP contribution is 2.30. The van der Waals surface area contributed by atoms with Gasteiger partial charge in [0, 0.05) is 18.3 Å². The van der Waals surface area contributed by atoms with Crippen LogP contribution < -0.4 is 5.32 Å². The van der Waals surface area contributed by atoms with Gasteiger partial charge in [-0.05, 0) is 25.1 Å². The molecule has 0 fully saturated rings. The van der Waals surface area contributed by atoms with Crippen molar-refractivity contribution in [2.45, 2.75) is 6.92 Å². The molecule has 0 spiro atoms. The molecule has 0 atom stereocenters. The van der Waals surface area contributed by atoms with Crippen LogP contribution in [0.5, 0.6) is 0 Å². The van der Waals surface area contributed by atoms with Crippen molar-refractivity contribution in [2.75, 3.05) is 12.4 Å². The summed E-state index contributed by atoms with van der Waals surface area (Å²) in [6.45, 7) is 1.85. The van der Waals surface area contributed by atoms with Crippen molar-refractivity contribution in [2.24, 2.45) is 0 Å². The van der Waals surface area contributed by atoms with Crippen LogP contribution >= 0.6 is 11.3 Å². The molecule has 0 bridgehead atoms. The predicted octanol–water partition coefficient (Wildman–Crippen LogP) is 3.60. The Morgan fingerprint density at radius 1 is 1.04 bits per heavy atom. The Morgan fingerprint density at radius 2 is 1.74 bits per heavy atom. The maximum Gasteiger partial charge on any atom is 0.268 e. The number of carbonyl (C=O) groups is 3. The summed E-state index contributed by atoms with van der Waals surface area (Å²) < 4.78 is 0. The molecule has 1 aliphatic heterocycles. The van der Waals surface area contributed by atoms with Crippen molar-refractivity contribution in [1.82, 2.24) is 9.88 Å². The fourth-order valence-electron chi connectivity index (χ4n) is 3.00. The van der Waals surface area contributed by atoms with Gasteiger partial charge >= 0.3 is 0 Å². The van der Waals surface area contributed by atoms with Gasteiger partial charge in [-0.2, -0.15) is 0 Å². The van der Waals surface area contributed by atoms with Crippen LogP contribution in [0.25, 0.3) is 11.3 Å². The summed E-state index contributed by atoms with van der Waals surface area (Å²) in [5.74, 6) is -1.01. The molecular formula is C20H15N3O3S.